The molecule has 7 spiro atoms. The third kappa shape index (κ3) is 6.62. The van der Waals surface area contributed by atoms with Crippen LogP contribution in [0.5, 0.6) is 0 Å². The number of nitrogens with zero attached hydrogens (tertiary/aromatic N) is 2. The minimum Gasteiger partial charge on any atom is -0.509 e. The van der Waals surface area contributed by atoms with Crippen molar-refractivity contribution < 1.29 is 24.2 Å². The van der Waals surface area contributed by atoms with Crippen LogP contribution in [-0.2, 0) is 26.3 Å². The molecule has 9 aliphatic heterocycles. The fraction of sp³-hybridized carbons (Fsp3) is 0.741. The average Bonchev–Trinajstić information content (AvgIpc) is 1.53. The summed E-state index contributed by atoms with van der Waals surface area (Å²) in [5.74, 6) is 7.10. The van der Waals surface area contributed by atoms with E-state index in [4.69, 9.17) is 15.2 Å². The van der Waals surface area contributed by atoms with Crippen molar-refractivity contribution in [2.75, 3.05) is 26.2 Å². The van der Waals surface area contributed by atoms with Gasteiger partial charge < -0.3 is 25.2 Å². The standard InChI is InChI=1S/C85H107N3O5/c1-49-11-4-13-52-40-63-60-18-5-14-54-39-55-21-23-66-57-38-50-44-87(46-57)69(79-33-24-58-17-8-30-81(58)31-10-32-82(81,48-79)80(47-79)28-2-3-29-80)42-67(89)75-83-35-26-61(72(70(54)60)74(55)88(66)45-50)73(63)84(83,77(91)92-75)68(85(83)65-19-6-12-51(16-9-36-86)71(65)76(90)93-85)41-62(52)56-15-7-27-78(43-56)34-25-59-53(37-49)20-22-64(59)78/h5-6,12,18-20,22,24,33,40,49-50,53-54,56-60,62-64,66,68-70,72,89H,2-4,7-11,13-17,21,23,25-32,34-39,41-48,86H2,1H3/b52-40-,75-67-/t49-,50-,53-,54-,56-,57+,58-,59+,60+,62-,63+,64-,66+,68+,69+,70-,72+,78-,79+,81+,82-,83-,84-,85-/m1/s1. The van der Waals surface area contributed by atoms with Gasteiger partial charge in [0.25, 0.3) is 0 Å². The van der Waals surface area contributed by atoms with Crippen LogP contribution in [0.15, 0.2) is 100 Å². The zero-order valence-electron chi connectivity index (χ0n) is 56.3. The number of aliphatic hydroxyl groups is 1. The molecule has 1 aromatic carbocycles. The summed E-state index contributed by atoms with van der Waals surface area (Å²) in [6.07, 6.45) is 58.8. The molecule has 0 amide bonds. The highest BCUT2D eigenvalue weighted by Crippen LogP contribution is 2.90. The molecular formula is C85H107N3O5. The Morgan fingerprint density at radius 2 is 1.70 bits per heavy atom. The number of carbonyl (C=O) groups excluding carboxylic acids is 2. The van der Waals surface area contributed by atoms with Crippen LogP contribution in [0.25, 0.3) is 0 Å². The zero-order chi connectivity index (χ0) is 61.5. The number of rotatable bonds is 4. The van der Waals surface area contributed by atoms with Gasteiger partial charge in [-0.1, -0.05) is 123 Å². The second kappa shape index (κ2) is 19.2. The van der Waals surface area contributed by atoms with Crippen LogP contribution in [0.4, 0.5) is 0 Å². The van der Waals surface area contributed by atoms with E-state index in [0.29, 0.717) is 118 Å². The van der Waals surface area contributed by atoms with E-state index in [-0.39, 0.29) is 53.0 Å². The lowest BCUT2D eigenvalue weighted by Gasteiger charge is -2.74. The van der Waals surface area contributed by atoms with Crippen LogP contribution in [0, 0.1) is 127 Å². The number of carbonyl (C=O) groups is 2. The highest BCUT2D eigenvalue weighted by molar-refractivity contribution is 6.00. The van der Waals surface area contributed by atoms with Crippen molar-refractivity contribution in [3.05, 3.63) is 117 Å². The molecule has 11 fully saturated rings. The van der Waals surface area contributed by atoms with Crippen LogP contribution in [-0.4, -0.2) is 65.1 Å². The van der Waals surface area contributed by atoms with Gasteiger partial charge in [-0.3, -0.25) is 9.69 Å². The summed E-state index contributed by atoms with van der Waals surface area (Å²) >= 11 is 0. The normalized spacial score (nSPS) is 53.3. The van der Waals surface area contributed by atoms with Gasteiger partial charge in [-0.25, -0.2) is 4.79 Å². The van der Waals surface area contributed by atoms with Crippen LogP contribution in [0.3, 0.4) is 0 Å². The molecule has 3 saturated heterocycles. The van der Waals surface area contributed by atoms with Gasteiger partial charge in [0, 0.05) is 72.6 Å². The van der Waals surface area contributed by atoms with Crippen molar-refractivity contribution in [2.24, 2.45) is 132 Å². The number of allylic oxidation sites excluding steroid dienone is 9. The van der Waals surface area contributed by atoms with E-state index in [2.05, 4.69) is 77.5 Å². The number of hydrogen-bond donors (Lipinski definition) is 2. The molecule has 1 aromatic rings. The minimum atomic E-state index is -1.21. The lowest BCUT2D eigenvalue weighted by Crippen LogP contribution is -2.78. The van der Waals surface area contributed by atoms with Gasteiger partial charge in [-0.2, -0.15) is 0 Å². The predicted molar refractivity (Wildman–Crippen MR) is 360 cm³/mol. The van der Waals surface area contributed by atoms with Gasteiger partial charge in [0.15, 0.2) is 11.4 Å². The molecule has 8 heteroatoms. The Balaban J connectivity index is 0.814. The second-order valence-corrected chi connectivity index (χ2v) is 37.6. The fourth-order valence-electron chi connectivity index (χ4n) is 33.0. The predicted octanol–water partition coefficient (Wildman–Crippen LogP) is 17.3. The molecule has 9 heterocycles. The maximum atomic E-state index is 17.7. The third-order valence-corrected chi connectivity index (χ3v) is 35.2. The zero-order valence-corrected chi connectivity index (χ0v) is 56.3. The number of ether oxygens (including phenoxy) is 2. The molecule has 25 rings (SSSR count). The summed E-state index contributed by atoms with van der Waals surface area (Å²) in [5.41, 5.74) is 15.1. The Morgan fingerprint density at radius 3 is 2.61 bits per heavy atom. The largest absolute Gasteiger partial charge is 0.509 e. The van der Waals surface area contributed by atoms with Gasteiger partial charge in [0.05, 0.1) is 11.0 Å². The molecule has 8 nitrogen and oxygen atoms in total. The van der Waals surface area contributed by atoms with Crippen LogP contribution in [0.2, 0.25) is 0 Å². The number of fused-ring (bicyclic) bond motifs is 8. The third-order valence-electron chi connectivity index (χ3n) is 35.2. The molecule has 0 radical (unpaired) electrons. The van der Waals surface area contributed by atoms with E-state index in [9.17, 15) is 5.11 Å². The van der Waals surface area contributed by atoms with Crippen LogP contribution in [0.1, 0.15) is 234 Å². The van der Waals surface area contributed by atoms with E-state index in [1.807, 2.05) is 0 Å². The van der Waals surface area contributed by atoms with E-state index < -0.39 is 16.4 Å². The summed E-state index contributed by atoms with van der Waals surface area (Å²) in [4.78, 5) is 40.0. The number of piperidine rings is 2. The molecule has 8 saturated carbocycles. The number of esters is 2. The molecule has 1 unspecified atom stereocenters. The maximum Gasteiger partial charge on any atom is 0.339 e. The van der Waals surface area contributed by atoms with Gasteiger partial charge >= 0.3 is 11.9 Å². The first-order valence-electron chi connectivity index (χ1n) is 39.8. The summed E-state index contributed by atoms with van der Waals surface area (Å²) in [5, 5.41) is 14.8. The fourth-order valence-corrected chi connectivity index (χ4v) is 33.0. The molecule has 3 N–H and O–H groups in total. The number of nitrogens with two attached hydrogens (primary N) is 1. The van der Waals surface area contributed by atoms with Gasteiger partial charge in [0.2, 0.25) is 0 Å². The monoisotopic (exact) mass is 1250 g/mol. The van der Waals surface area contributed by atoms with E-state index in [1.54, 1.807) is 22.4 Å². The number of benzene rings is 1. The Hall–Kier alpha value is -4.14. The molecule has 93 heavy (non-hydrogen) atoms. The minimum absolute atomic E-state index is 0.0306. The first-order chi connectivity index (χ1) is 45.4. The topological polar surface area (TPSA) is 105 Å². The van der Waals surface area contributed by atoms with Crippen LogP contribution >= 0.6 is 0 Å². The Morgan fingerprint density at radius 1 is 0.796 bits per heavy atom. The molecule has 492 valence electrons. The van der Waals surface area contributed by atoms with E-state index >= 15 is 9.59 Å². The lowest BCUT2D eigenvalue weighted by molar-refractivity contribution is -0.283. The number of aryl methyl sites for hydroxylation is 1. The smallest absolute Gasteiger partial charge is 0.339 e. The number of hydrogen-bond acceptors (Lipinski definition) is 8. The second-order valence-electron chi connectivity index (χ2n) is 37.6. The first-order valence-corrected chi connectivity index (χ1v) is 39.8. The molecular weight excluding hydrogens is 1140 g/mol. The Bertz CT molecular complexity index is 3700. The van der Waals surface area contributed by atoms with E-state index in [1.165, 1.54) is 166 Å². The lowest BCUT2D eigenvalue weighted by atomic mass is 9.26. The van der Waals surface area contributed by atoms with Crippen molar-refractivity contribution in [1.82, 2.24) is 9.80 Å². The van der Waals surface area contributed by atoms with Crippen LogP contribution < -0.4 is 5.73 Å². The summed E-state index contributed by atoms with van der Waals surface area (Å²) in [7, 11) is 0. The highest BCUT2D eigenvalue weighted by Gasteiger charge is 2.94. The summed E-state index contributed by atoms with van der Waals surface area (Å²) in [6.45, 7) is 6.43. The Kier molecular flexibility index (Phi) is 11.7. The molecule has 15 aliphatic carbocycles. The van der Waals surface area contributed by atoms with Crippen molar-refractivity contribution in [1.29, 1.82) is 0 Å². The van der Waals surface area contributed by atoms with Crippen molar-refractivity contribution >= 4 is 11.9 Å². The highest BCUT2D eigenvalue weighted by atomic mass is 16.6. The van der Waals surface area contributed by atoms with Crippen molar-refractivity contribution in [3.8, 4) is 0 Å². The van der Waals surface area contributed by atoms with Gasteiger partial charge in [-0.15, -0.1) is 0 Å². The first kappa shape index (κ1) is 56.8. The average molecular weight is 1250 g/mol. The number of aliphatic hydroxyl groups excluding tert-OH is 1. The summed E-state index contributed by atoms with van der Waals surface area (Å²) < 4.78 is 15.6. The molecule has 24 aliphatic rings. The molecule has 19 bridgehead atoms. The quantitative estimate of drug-likeness (QED) is 0.227. The van der Waals surface area contributed by atoms with Crippen molar-refractivity contribution in [2.45, 2.75) is 236 Å². The SMILES string of the molecule is C[C@@H]1CCC/C2=C/[C@@H]3C4=C5CC[C@@]67/C(=C(/O)C[C@@H]([C@]89C=C[C@H]%10CCC[C@]%10%11CCC[C@@]%11(C8)C8(CCCC8)C9)N8C[C@H]9C[C@@H](C8)[C@@H]8CCC%10=C([C@@H]5[C@@H]5[C@H](CC=C[C@H]53)C%10)N8C9)OC(=O)[C@@]46[C@H](C[C@H]2[C@@H]2CCC[C@@]3(CC[C@H]4[C@H](C=C[C@H]43)C1)C2)[C@@]71OC(=O)c2c(CCCN)cccc21. The Labute approximate surface area is 555 Å². The van der Waals surface area contributed by atoms with E-state index in [0.717, 1.165) is 74.3 Å². The molecule has 25 atom stereocenters. The van der Waals surface area contributed by atoms with Gasteiger partial charge in [-0.05, 0) is 277 Å². The maximum absolute atomic E-state index is 17.7. The summed E-state index contributed by atoms with van der Waals surface area (Å²) in [6, 6.07) is 7.27. The van der Waals surface area contributed by atoms with Gasteiger partial charge in [0.1, 0.15) is 11.2 Å². The molecule has 0 aromatic heterocycles. The van der Waals surface area contributed by atoms with Crippen molar-refractivity contribution in [3.63, 3.8) is 0 Å².